The maximum Gasteiger partial charge on any atom is 0.335 e. The Labute approximate surface area is 89.3 Å². The van der Waals surface area contributed by atoms with Gasteiger partial charge in [-0.05, 0) is 44.0 Å². The number of rotatable bonds is 4. The van der Waals surface area contributed by atoms with Crippen molar-refractivity contribution in [1.29, 1.82) is 0 Å². The van der Waals surface area contributed by atoms with Gasteiger partial charge in [0.2, 0.25) is 0 Å². The van der Waals surface area contributed by atoms with Gasteiger partial charge in [0.15, 0.2) is 0 Å². The molecular weight excluding hydrogens is 190 g/mol. The second-order valence-corrected chi connectivity index (χ2v) is 3.87. The van der Waals surface area contributed by atoms with Crippen molar-refractivity contribution in [3.63, 3.8) is 0 Å². The van der Waals surface area contributed by atoms with Gasteiger partial charge in [-0.1, -0.05) is 0 Å². The molecule has 0 atom stereocenters. The molecule has 0 heterocycles. The van der Waals surface area contributed by atoms with Gasteiger partial charge in [-0.2, -0.15) is 0 Å². The second kappa shape index (κ2) is 3.93. The van der Waals surface area contributed by atoms with Crippen LogP contribution >= 0.6 is 0 Å². The summed E-state index contributed by atoms with van der Waals surface area (Å²) in [5, 5.41) is 8.78. The Morgan fingerprint density at radius 1 is 1.40 bits per heavy atom. The summed E-state index contributed by atoms with van der Waals surface area (Å²) in [6.07, 6.45) is 2.52. The van der Waals surface area contributed by atoms with E-state index in [9.17, 15) is 4.79 Å². The lowest BCUT2D eigenvalue weighted by Crippen LogP contribution is -2.24. The van der Waals surface area contributed by atoms with Gasteiger partial charge < -0.3 is 10.0 Å². The van der Waals surface area contributed by atoms with Crippen molar-refractivity contribution in [1.82, 2.24) is 0 Å². The predicted octanol–water partition coefficient (Wildman–Crippen LogP) is 2.37. The molecule has 0 spiro atoms. The molecule has 1 aliphatic carbocycles. The summed E-state index contributed by atoms with van der Waals surface area (Å²) in [7, 11) is 0. The highest BCUT2D eigenvalue weighted by Gasteiger charge is 2.27. The van der Waals surface area contributed by atoms with Crippen molar-refractivity contribution in [2.75, 3.05) is 11.4 Å². The molecule has 1 aromatic rings. The number of hydrogen-bond donors (Lipinski definition) is 1. The van der Waals surface area contributed by atoms with E-state index in [0.717, 1.165) is 12.2 Å². The van der Waals surface area contributed by atoms with E-state index in [-0.39, 0.29) is 0 Å². The molecule has 0 aromatic heterocycles. The third kappa shape index (κ3) is 2.12. The van der Waals surface area contributed by atoms with Crippen LogP contribution in [-0.4, -0.2) is 23.7 Å². The summed E-state index contributed by atoms with van der Waals surface area (Å²) >= 11 is 0. The Bertz CT molecular complexity index is 354. The lowest BCUT2D eigenvalue weighted by atomic mass is 10.2. The highest BCUT2D eigenvalue weighted by atomic mass is 16.4. The number of carboxylic acid groups (broad SMARTS) is 1. The van der Waals surface area contributed by atoms with Crippen LogP contribution in [0.2, 0.25) is 0 Å². The van der Waals surface area contributed by atoms with Gasteiger partial charge in [-0.3, -0.25) is 0 Å². The number of aromatic carboxylic acids is 1. The van der Waals surface area contributed by atoms with E-state index in [4.69, 9.17) is 5.11 Å². The molecule has 1 saturated carbocycles. The van der Waals surface area contributed by atoms with Crippen molar-refractivity contribution in [2.45, 2.75) is 25.8 Å². The van der Waals surface area contributed by atoms with E-state index in [0.29, 0.717) is 11.6 Å². The molecule has 0 unspecified atom stereocenters. The third-order valence-electron chi connectivity index (χ3n) is 2.77. The van der Waals surface area contributed by atoms with Crippen LogP contribution in [0.3, 0.4) is 0 Å². The fourth-order valence-corrected chi connectivity index (χ4v) is 1.83. The summed E-state index contributed by atoms with van der Waals surface area (Å²) in [5.41, 5.74) is 1.48. The van der Waals surface area contributed by atoms with Crippen LogP contribution in [0.4, 0.5) is 5.69 Å². The minimum Gasteiger partial charge on any atom is -0.478 e. The van der Waals surface area contributed by atoms with Crippen LogP contribution in [0.15, 0.2) is 24.3 Å². The fourth-order valence-electron chi connectivity index (χ4n) is 1.83. The number of anilines is 1. The molecule has 1 N–H and O–H groups in total. The van der Waals surface area contributed by atoms with Gasteiger partial charge in [-0.15, -0.1) is 0 Å². The van der Waals surface area contributed by atoms with Crippen LogP contribution in [0.5, 0.6) is 0 Å². The zero-order valence-corrected chi connectivity index (χ0v) is 8.81. The van der Waals surface area contributed by atoms with Crippen LogP contribution in [0.25, 0.3) is 0 Å². The van der Waals surface area contributed by atoms with Gasteiger partial charge in [0.25, 0.3) is 0 Å². The molecule has 80 valence electrons. The molecular formula is C12H15NO2. The molecule has 0 radical (unpaired) electrons. The van der Waals surface area contributed by atoms with Crippen LogP contribution < -0.4 is 4.90 Å². The van der Waals surface area contributed by atoms with Crippen molar-refractivity contribution in [3.8, 4) is 0 Å². The number of carbonyl (C=O) groups is 1. The maximum atomic E-state index is 10.7. The van der Waals surface area contributed by atoms with E-state index < -0.39 is 5.97 Å². The SMILES string of the molecule is CCN(c1ccc(C(=O)O)cc1)C1CC1. The fraction of sp³-hybridized carbons (Fsp3) is 0.417. The van der Waals surface area contributed by atoms with E-state index in [1.165, 1.54) is 12.8 Å². The monoisotopic (exact) mass is 205 g/mol. The first kappa shape index (κ1) is 10.0. The Morgan fingerprint density at radius 2 is 2.00 bits per heavy atom. The largest absolute Gasteiger partial charge is 0.478 e. The quantitative estimate of drug-likeness (QED) is 0.820. The topological polar surface area (TPSA) is 40.5 Å². The van der Waals surface area contributed by atoms with Gasteiger partial charge in [-0.25, -0.2) is 4.79 Å². The third-order valence-corrected chi connectivity index (χ3v) is 2.77. The van der Waals surface area contributed by atoms with E-state index >= 15 is 0 Å². The van der Waals surface area contributed by atoms with Gasteiger partial charge in [0.1, 0.15) is 0 Å². The van der Waals surface area contributed by atoms with E-state index in [1.807, 2.05) is 12.1 Å². The molecule has 1 fully saturated rings. The number of carboxylic acids is 1. The number of benzene rings is 1. The van der Waals surface area contributed by atoms with Crippen molar-refractivity contribution in [3.05, 3.63) is 29.8 Å². The van der Waals surface area contributed by atoms with Gasteiger partial charge >= 0.3 is 5.97 Å². The molecule has 0 aliphatic heterocycles. The Morgan fingerprint density at radius 3 is 2.40 bits per heavy atom. The van der Waals surface area contributed by atoms with Gasteiger partial charge in [0.05, 0.1) is 5.56 Å². The van der Waals surface area contributed by atoms with Crippen molar-refractivity contribution >= 4 is 11.7 Å². The zero-order chi connectivity index (χ0) is 10.8. The Kier molecular flexibility index (Phi) is 2.62. The molecule has 1 aromatic carbocycles. The van der Waals surface area contributed by atoms with Gasteiger partial charge in [0, 0.05) is 18.3 Å². The number of nitrogens with zero attached hydrogens (tertiary/aromatic N) is 1. The second-order valence-electron chi connectivity index (χ2n) is 3.87. The summed E-state index contributed by atoms with van der Waals surface area (Å²) in [4.78, 5) is 13.0. The van der Waals surface area contributed by atoms with Crippen molar-refractivity contribution < 1.29 is 9.90 Å². The molecule has 3 nitrogen and oxygen atoms in total. The average Bonchev–Trinajstić information content (AvgIpc) is 3.04. The molecule has 2 rings (SSSR count). The minimum atomic E-state index is -0.865. The summed E-state index contributed by atoms with van der Waals surface area (Å²) in [6, 6.07) is 7.80. The molecule has 3 heteroatoms. The lowest BCUT2D eigenvalue weighted by molar-refractivity contribution is 0.0697. The summed E-state index contributed by atoms with van der Waals surface area (Å²) in [6.45, 7) is 3.11. The smallest absolute Gasteiger partial charge is 0.335 e. The average molecular weight is 205 g/mol. The maximum absolute atomic E-state index is 10.7. The lowest BCUT2D eigenvalue weighted by Gasteiger charge is -2.22. The van der Waals surface area contributed by atoms with Crippen molar-refractivity contribution in [2.24, 2.45) is 0 Å². The molecule has 0 bridgehead atoms. The number of hydrogen-bond acceptors (Lipinski definition) is 2. The Hall–Kier alpha value is -1.51. The summed E-state index contributed by atoms with van der Waals surface area (Å²) < 4.78 is 0. The van der Waals surface area contributed by atoms with E-state index in [2.05, 4.69) is 11.8 Å². The zero-order valence-electron chi connectivity index (χ0n) is 8.81. The first-order valence-corrected chi connectivity index (χ1v) is 5.32. The normalized spacial score (nSPS) is 15.0. The molecule has 0 saturated heterocycles. The first-order chi connectivity index (χ1) is 7.22. The van der Waals surface area contributed by atoms with Crippen LogP contribution in [0.1, 0.15) is 30.1 Å². The highest BCUT2D eigenvalue weighted by Crippen LogP contribution is 2.31. The predicted molar refractivity (Wildman–Crippen MR) is 59.4 cm³/mol. The Balaban J connectivity index is 2.17. The molecule has 1 aliphatic rings. The highest BCUT2D eigenvalue weighted by molar-refractivity contribution is 5.88. The van der Waals surface area contributed by atoms with E-state index in [1.54, 1.807) is 12.1 Å². The van der Waals surface area contributed by atoms with Crippen LogP contribution in [-0.2, 0) is 0 Å². The standard InChI is InChI=1S/C12H15NO2/c1-2-13(11-7-8-11)10-5-3-9(4-6-10)12(14)15/h3-6,11H,2,7-8H2,1H3,(H,14,15). The first-order valence-electron chi connectivity index (χ1n) is 5.32. The minimum absolute atomic E-state index is 0.352. The summed E-state index contributed by atoms with van der Waals surface area (Å²) in [5.74, 6) is -0.865. The van der Waals surface area contributed by atoms with Crippen LogP contribution in [0, 0.1) is 0 Å². The molecule has 15 heavy (non-hydrogen) atoms. The molecule has 0 amide bonds.